The van der Waals surface area contributed by atoms with Crippen LogP contribution in [-0.2, 0) is 4.79 Å². The summed E-state index contributed by atoms with van der Waals surface area (Å²) >= 11 is 7.52. The van der Waals surface area contributed by atoms with Crippen molar-refractivity contribution in [3.05, 3.63) is 46.9 Å². The number of carbonyl (C=O) groups excluding carboxylic acids is 2. The number of rotatable bonds is 5. The third kappa shape index (κ3) is 5.32. The lowest BCUT2D eigenvalue weighted by molar-refractivity contribution is -0.127. The maximum Gasteiger partial charge on any atom is 0.254 e. The van der Waals surface area contributed by atoms with Crippen LogP contribution in [-0.4, -0.2) is 76.1 Å². The van der Waals surface area contributed by atoms with E-state index in [2.05, 4.69) is 14.9 Å². The predicted molar refractivity (Wildman–Crippen MR) is 123 cm³/mol. The van der Waals surface area contributed by atoms with Crippen molar-refractivity contribution in [3.8, 4) is 0 Å². The largest absolute Gasteiger partial charge is 0.353 e. The van der Waals surface area contributed by atoms with Gasteiger partial charge >= 0.3 is 0 Å². The average Bonchev–Trinajstić information content (AvgIpc) is 3.32. The number of thioether (sulfide) groups is 1. The van der Waals surface area contributed by atoms with Gasteiger partial charge in [-0.15, -0.1) is 0 Å². The zero-order chi connectivity index (χ0) is 22.7. The van der Waals surface area contributed by atoms with Gasteiger partial charge in [0.1, 0.15) is 16.8 Å². The number of likely N-dealkylation sites (tertiary alicyclic amines) is 1. The predicted octanol–water partition coefficient (Wildman–Crippen LogP) is 3.33. The lowest BCUT2D eigenvalue weighted by Gasteiger charge is -2.40. The first-order valence-corrected chi connectivity index (χ1v) is 12.0. The summed E-state index contributed by atoms with van der Waals surface area (Å²) in [6.45, 7) is 5.19. The van der Waals surface area contributed by atoms with Crippen LogP contribution in [0.3, 0.4) is 0 Å². The Morgan fingerprint density at radius 3 is 2.66 bits per heavy atom. The number of hydrogen-bond acceptors (Lipinski definition) is 6. The van der Waals surface area contributed by atoms with Crippen LogP contribution in [0.1, 0.15) is 30.1 Å². The molecule has 0 aliphatic carbocycles. The van der Waals surface area contributed by atoms with Crippen LogP contribution in [0, 0.1) is 5.82 Å². The molecule has 2 amide bonds. The Hall–Kier alpha value is -2.39. The third-order valence-electron chi connectivity index (χ3n) is 5.73. The van der Waals surface area contributed by atoms with E-state index in [1.54, 1.807) is 23.1 Å². The zero-order valence-corrected chi connectivity index (χ0v) is 19.4. The molecule has 4 rings (SSSR count). The van der Waals surface area contributed by atoms with Gasteiger partial charge in [0.2, 0.25) is 5.91 Å². The molecule has 1 aromatic carbocycles. The molecular formula is C22H25ClFN5O2S. The molecule has 2 aliphatic rings. The normalized spacial score (nSPS) is 18.8. The van der Waals surface area contributed by atoms with E-state index in [4.69, 9.17) is 11.6 Å². The SMILES string of the molecule is CC1CN(c2cc(Cl)nc(SCC(=O)N3CCCC3)n2)CCN1C(=O)c1cccc(F)c1. The molecule has 1 aromatic heterocycles. The van der Waals surface area contributed by atoms with Crippen LogP contribution >= 0.6 is 23.4 Å². The Morgan fingerprint density at radius 1 is 1.16 bits per heavy atom. The molecule has 0 bridgehead atoms. The van der Waals surface area contributed by atoms with Crippen LogP contribution in [0.5, 0.6) is 0 Å². The van der Waals surface area contributed by atoms with E-state index in [-0.39, 0.29) is 23.6 Å². The van der Waals surface area contributed by atoms with Gasteiger partial charge in [-0.2, -0.15) is 0 Å². The maximum absolute atomic E-state index is 13.5. The molecule has 2 aromatic rings. The van der Waals surface area contributed by atoms with Gasteiger partial charge in [-0.05, 0) is 38.0 Å². The number of nitrogens with zero attached hydrogens (tertiary/aromatic N) is 5. The summed E-state index contributed by atoms with van der Waals surface area (Å²) in [6, 6.07) is 7.36. The molecule has 7 nitrogen and oxygen atoms in total. The average molecular weight is 478 g/mol. The first kappa shape index (κ1) is 22.8. The Balaban J connectivity index is 1.40. The van der Waals surface area contributed by atoms with Crippen molar-refractivity contribution in [1.82, 2.24) is 19.8 Å². The summed E-state index contributed by atoms with van der Waals surface area (Å²) in [7, 11) is 0. The summed E-state index contributed by atoms with van der Waals surface area (Å²) in [5.74, 6) is 0.438. The van der Waals surface area contributed by atoms with E-state index >= 15 is 0 Å². The smallest absolute Gasteiger partial charge is 0.254 e. The van der Waals surface area contributed by atoms with Crippen LogP contribution in [0.4, 0.5) is 10.2 Å². The van der Waals surface area contributed by atoms with Crippen molar-refractivity contribution in [2.24, 2.45) is 0 Å². The lowest BCUT2D eigenvalue weighted by atomic mass is 10.1. The number of amides is 2. The molecule has 2 saturated heterocycles. The first-order valence-electron chi connectivity index (χ1n) is 10.7. The van der Waals surface area contributed by atoms with Gasteiger partial charge in [-0.3, -0.25) is 9.59 Å². The number of piperazine rings is 1. The Labute approximate surface area is 195 Å². The van der Waals surface area contributed by atoms with Gasteiger partial charge in [0.05, 0.1) is 5.75 Å². The molecule has 10 heteroatoms. The first-order chi connectivity index (χ1) is 15.4. The highest BCUT2D eigenvalue weighted by Crippen LogP contribution is 2.25. The van der Waals surface area contributed by atoms with Gasteiger partial charge in [0.15, 0.2) is 5.16 Å². The minimum atomic E-state index is -0.425. The molecule has 0 saturated carbocycles. The molecule has 0 radical (unpaired) electrons. The van der Waals surface area contributed by atoms with E-state index in [1.165, 1.54) is 23.9 Å². The van der Waals surface area contributed by atoms with Crippen LogP contribution < -0.4 is 4.90 Å². The fourth-order valence-corrected chi connectivity index (χ4v) is 5.03. The number of carbonyl (C=O) groups is 2. The molecule has 32 heavy (non-hydrogen) atoms. The lowest BCUT2D eigenvalue weighted by Crippen LogP contribution is -2.54. The second-order valence-electron chi connectivity index (χ2n) is 8.01. The molecular weight excluding hydrogens is 453 g/mol. The zero-order valence-electron chi connectivity index (χ0n) is 17.8. The summed E-state index contributed by atoms with van der Waals surface area (Å²) < 4.78 is 13.5. The quantitative estimate of drug-likeness (QED) is 0.374. The van der Waals surface area contributed by atoms with Crippen LogP contribution in [0.2, 0.25) is 5.15 Å². The van der Waals surface area contributed by atoms with Crippen molar-refractivity contribution < 1.29 is 14.0 Å². The van der Waals surface area contributed by atoms with Crippen LogP contribution in [0.25, 0.3) is 0 Å². The minimum Gasteiger partial charge on any atom is -0.353 e. The van der Waals surface area contributed by atoms with Gasteiger partial charge < -0.3 is 14.7 Å². The van der Waals surface area contributed by atoms with Crippen LogP contribution in [0.15, 0.2) is 35.5 Å². The fraction of sp³-hybridized carbons (Fsp3) is 0.455. The topological polar surface area (TPSA) is 69.6 Å². The molecule has 1 atom stereocenters. The molecule has 170 valence electrons. The van der Waals surface area contributed by atoms with Gasteiger partial charge in [0, 0.05) is 50.4 Å². The molecule has 0 spiro atoms. The molecule has 0 N–H and O–H groups in total. The molecule has 1 unspecified atom stereocenters. The van der Waals surface area contributed by atoms with E-state index in [0.717, 1.165) is 25.9 Å². The highest BCUT2D eigenvalue weighted by molar-refractivity contribution is 7.99. The summed E-state index contributed by atoms with van der Waals surface area (Å²) in [6.07, 6.45) is 2.11. The number of halogens is 2. The second-order valence-corrected chi connectivity index (χ2v) is 9.34. The van der Waals surface area contributed by atoms with Crippen molar-refractivity contribution in [2.75, 3.05) is 43.4 Å². The maximum atomic E-state index is 13.5. The fourth-order valence-electron chi connectivity index (χ4n) is 4.05. The highest BCUT2D eigenvalue weighted by Gasteiger charge is 2.29. The van der Waals surface area contributed by atoms with Gasteiger partial charge in [0.25, 0.3) is 5.91 Å². The Kier molecular flexibility index (Phi) is 7.15. The minimum absolute atomic E-state index is 0.0933. The van der Waals surface area contributed by atoms with E-state index in [9.17, 15) is 14.0 Å². The summed E-state index contributed by atoms with van der Waals surface area (Å²) in [5, 5.41) is 0.781. The second kappa shape index (κ2) is 10.0. The highest BCUT2D eigenvalue weighted by atomic mass is 35.5. The van der Waals surface area contributed by atoms with Gasteiger partial charge in [-0.25, -0.2) is 14.4 Å². The Morgan fingerprint density at radius 2 is 1.94 bits per heavy atom. The van der Waals surface area contributed by atoms with Crippen molar-refractivity contribution >= 4 is 41.0 Å². The molecule has 3 heterocycles. The molecule has 2 aliphatic heterocycles. The van der Waals surface area contributed by atoms with Gasteiger partial charge in [-0.1, -0.05) is 29.4 Å². The third-order valence-corrected chi connectivity index (χ3v) is 6.75. The van der Waals surface area contributed by atoms with Crippen molar-refractivity contribution in [1.29, 1.82) is 0 Å². The van der Waals surface area contributed by atoms with Crippen molar-refractivity contribution in [2.45, 2.75) is 31.0 Å². The van der Waals surface area contributed by atoms with E-state index in [0.29, 0.717) is 41.3 Å². The summed E-state index contributed by atoms with van der Waals surface area (Å²) in [5.41, 5.74) is 0.344. The number of aromatic nitrogens is 2. The number of benzene rings is 1. The number of anilines is 1. The standard InChI is InChI=1S/C22H25ClFN5O2S/c1-15-13-28(9-10-29(15)21(31)16-5-4-6-17(24)11-16)19-12-18(23)25-22(26-19)32-14-20(30)27-7-2-3-8-27/h4-6,11-12,15H,2-3,7-10,13-14H2,1H3. The molecule has 2 fully saturated rings. The van der Waals surface area contributed by atoms with Crippen molar-refractivity contribution in [3.63, 3.8) is 0 Å². The Bertz CT molecular complexity index is 1000. The van der Waals surface area contributed by atoms with E-state index < -0.39 is 5.82 Å². The number of hydrogen-bond donors (Lipinski definition) is 0. The monoisotopic (exact) mass is 477 g/mol. The summed E-state index contributed by atoms with van der Waals surface area (Å²) in [4.78, 5) is 39.7. The van der Waals surface area contributed by atoms with E-state index in [1.807, 2.05) is 11.8 Å².